The summed E-state index contributed by atoms with van der Waals surface area (Å²) in [7, 11) is 3.49. The second-order valence-electron chi connectivity index (χ2n) is 6.30. The summed E-state index contributed by atoms with van der Waals surface area (Å²) in [6, 6.07) is 0. The van der Waals surface area contributed by atoms with Crippen molar-refractivity contribution in [3.63, 3.8) is 0 Å². The summed E-state index contributed by atoms with van der Waals surface area (Å²) in [5.41, 5.74) is 3.29. The van der Waals surface area contributed by atoms with Crippen LogP contribution < -0.4 is 108 Å². The normalized spacial score (nSPS) is 47.6. The molecule has 0 spiro atoms. The van der Waals surface area contributed by atoms with Crippen LogP contribution in [0.15, 0.2) is 0 Å². The van der Waals surface area contributed by atoms with Crippen LogP contribution in [-0.4, -0.2) is 62.0 Å². The van der Waals surface area contributed by atoms with Gasteiger partial charge < -0.3 is 0 Å². The van der Waals surface area contributed by atoms with Crippen LogP contribution in [0.2, 0.25) is 0 Å². The second-order valence-corrected chi connectivity index (χ2v) is 9.56. The Hall–Kier alpha value is 0.0200. The Morgan fingerprint density at radius 2 is 0.829 bits per heavy atom. The second kappa shape index (κ2) is 12.8. The number of nitrogens with zero attached hydrogens (tertiary/aromatic N) is 8. The molecule has 0 saturated carbocycles. The van der Waals surface area contributed by atoms with E-state index in [-0.39, 0.29) is 0 Å². The maximum atomic E-state index is 5.93. The first kappa shape index (κ1) is 35.5. The molecular formula is C3H29I2N19O17+6. The number of nitrogens with one attached hydrogen (secondary N) is 2. The quantitative estimate of drug-likeness (QED) is 0.0398. The van der Waals surface area contributed by atoms with E-state index in [9.17, 15) is 0 Å². The predicted molar refractivity (Wildman–Crippen MR) is 82.3 cm³/mol. The summed E-state index contributed by atoms with van der Waals surface area (Å²) in [6.45, 7) is 0. The third kappa shape index (κ3) is 9.26. The number of hydrogen-bond acceptors (Lipinski definition) is 28. The van der Waals surface area contributed by atoms with Gasteiger partial charge in [-0.05, 0) is 0 Å². The molecule has 8 atom stereocenters. The number of hydrazine groups is 1. The van der Waals surface area contributed by atoms with Crippen molar-refractivity contribution in [1.29, 1.82) is 0 Å². The standard InChI is InChI=1S/C3H29I2N19O17/c1-25-4-28-17(7)32-18(8,29-5-26-2)34-22(12)38-21(11,33-17)39-23(13)36-19(9,30-15-6)35-20(10,31-16-27-3)37-24(14,40-22)41-23/h15-16H,6-14H2,1-3H3/q+6. The molecule has 20 N–H and O–H groups in total. The Kier molecular flexibility index (Phi) is 11.1. The molecule has 0 aliphatic carbocycles. The summed E-state index contributed by atoms with van der Waals surface area (Å²) in [4.78, 5) is 64.6. The summed E-state index contributed by atoms with van der Waals surface area (Å²) >= 11 is -3.57. The van der Waals surface area contributed by atoms with E-state index in [0.29, 0.717) is 0 Å². The Bertz CT molecular complexity index is 906. The number of rotatable bonds is 11. The van der Waals surface area contributed by atoms with Crippen molar-refractivity contribution in [3.05, 3.63) is 0 Å². The summed E-state index contributed by atoms with van der Waals surface area (Å²) in [5.74, 6) is 52.1. The van der Waals surface area contributed by atoms with Gasteiger partial charge in [-0.2, -0.15) is 0 Å². The summed E-state index contributed by atoms with van der Waals surface area (Å²) < 4.78 is 19.9. The van der Waals surface area contributed by atoms with E-state index in [1.54, 1.807) is 11.2 Å². The van der Waals surface area contributed by atoms with Gasteiger partial charge in [-0.1, -0.05) is 0 Å². The topological polar surface area (TPSA) is 415 Å². The molecule has 246 valence electrons. The first-order valence-electron chi connectivity index (χ1n) is 9.19. The van der Waals surface area contributed by atoms with Crippen LogP contribution in [0.25, 0.3) is 0 Å². The molecule has 36 nitrogen and oxygen atoms in total. The van der Waals surface area contributed by atoms with Gasteiger partial charge in [0.05, 0.1) is 0 Å². The molecule has 41 heavy (non-hydrogen) atoms. The van der Waals surface area contributed by atoms with Gasteiger partial charge in [-0.3, -0.25) is 0 Å². The fourth-order valence-electron chi connectivity index (χ4n) is 2.24. The zero-order chi connectivity index (χ0) is 30.8. The van der Waals surface area contributed by atoms with E-state index in [2.05, 4.69) is 9.78 Å². The molecular weight excluding hydrogens is 828 g/mol. The molecule has 38 heteroatoms. The Labute approximate surface area is 246 Å². The van der Waals surface area contributed by atoms with E-state index < -0.39 is 84.7 Å². The molecule has 3 aliphatic heterocycles. The van der Waals surface area contributed by atoms with E-state index in [0.717, 1.165) is 7.11 Å². The average Bonchev–Trinajstić information content (AvgIpc) is 2.75. The first-order valence-corrected chi connectivity index (χ1v) is 12.7. The van der Waals surface area contributed by atoms with Crippen LogP contribution in [0, 0.1) is 0 Å². The zero-order valence-corrected chi connectivity index (χ0v) is 24.8. The number of fused-ring (bicyclic) bond motifs is 4. The van der Waals surface area contributed by atoms with Gasteiger partial charge in [-0.25, -0.2) is 0 Å². The maximum absolute atomic E-state index is 5.93. The molecule has 3 aliphatic rings. The van der Waals surface area contributed by atoms with Crippen LogP contribution in [0.4, 0.5) is 0 Å². The monoisotopic (exact) mass is 857 g/mol. The zero-order valence-electron chi connectivity index (χ0n) is 20.5. The molecule has 4 bridgehead atoms. The Morgan fingerprint density at radius 3 is 1.17 bits per heavy atom. The average molecular weight is 857 g/mol. The van der Waals surface area contributed by atoms with Crippen LogP contribution in [0.1, 0.15) is 0 Å². The van der Waals surface area contributed by atoms with Crippen molar-refractivity contribution in [2.75, 3.05) is 21.3 Å². The Balaban J connectivity index is 2.13. The molecule has 3 rings (SSSR count). The van der Waals surface area contributed by atoms with Gasteiger partial charge in [-0.15, -0.1) is 0 Å². The molecule has 0 aromatic rings. The molecule has 0 radical (unpaired) electrons. The van der Waals surface area contributed by atoms with Gasteiger partial charge in [0.2, 0.25) is 0 Å². The van der Waals surface area contributed by atoms with Crippen molar-refractivity contribution < 1.29 is 161 Å². The molecule has 0 aromatic carbocycles. The van der Waals surface area contributed by atoms with Gasteiger partial charge in [0, 0.05) is 0 Å². The van der Waals surface area contributed by atoms with Crippen molar-refractivity contribution in [2.24, 2.45) is 52.6 Å². The molecule has 3 fully saturated rings. The fourth-order valence-corrected chi connectivity index (χ4v) is 3.30. The van der Waals surface area contributed by atoms with Crippen LogP contribution in [0.5, 0.6) is 0 Å². The molecule has 0 amide bonds. The number of nitrogens with two attached hydrogens (primary N) is 9. The molecule has 3 saturated heterocycles. The Morgan fingerprint density at radius 1 is 0.488 bits per heavy atom. The SMILES string of the molecule is CONO[N+]1(N)O[N+](N)(ONN)O[N+]2(N)O[N+](N)(O1)O[N+]1(N)O[N+](N)(O[I-]OC)O[N+](N)(O[I-]OC)O[N+](N)(O2)O1. The van der Waals surface area contributed by atoms with Crippen molar-refractivity contribution in [2.45, 2.75) is 0 Å². The summed E-state index contributed by atoms with van der Waals surface area (Å²) in [6.07, 6.45) is 0. The third-order valence-electron chi connectivity index (χ3n) is 3.08. The van der Waals surface area contributed by atoms with E-state index in [1.807, 2.05) is 0 Å². The van der Waals surface area contributed by atoms with Crippen molar-refractivity contribution in [3.8, 4) is 0 Å². The number of quaternary nitrogens is 8. The van der Waals surface area contributed by atoms with Gasteiger partial charge >= 0.3 is 246 Å². The molecule has 8 unspecified atom stereocenters. The predicted octanol–water partition coefficient (Wildman–Crippen LogP) is -15.7. The number of halogens is 2. The summed E-state index contributed by atoms with van der Waals surface area (Å²) in [5, 5.41) is -19.2. The van der Waals surface area contributed by atoms with E-state index >= 15 is 0 Å². The molecule has 0 aromatic heterocycles. The van der Waals surface area contributed by atoms with Crippen LogP contribution in [0.3, 0.4) is 0 Å². The van der Waals surface area contributed by atoms with Crippen molar-refractivity contribution >= 4 is 0 Å². The third-order valence-corrected chi connectivity index (χ3v) is 5.22. The molecule has 3 heterocycles. The first-order chi connectivity index (χ1) is 18.8. The van der Waals surface area contributed by atoms with Crippen LogP contribution in [-0.2, 0) is 76.6 Å². The van der Waals surface area contributed by atoms with Crippen LogP contribution >= 0.6 is 0 Å². The van der Waals surface area contributed by atoms with E-state index in [4.69, 9.17) is 119 Å². The minimum atomic E-state index is -2.56. The number of hydrogen-bond donors (Lipinski definition) is 11. The fraction of sp³-hybridized carbons (Fsp3) is 1.00. The van der Waals surface area contributed by atoms with Crippen molar-refractivity contribution in [1.82, 2.24) is 11.2 Å². The van der Waals surface area contributed by atoms with Gasteiger partial charge in [0.25, 0.3) is 0 Å². The van der Waals surface area contributed by atoms with E-state index in [1.165, 1.54) is 14.2 Å². The minimum absolute atomic E-state index is 1.05. The van der Waals surface area contributed by atoms with Gasteiger partial charge in [0.15, 0.2) is 0 Å². The van der Waals surface area contributed by atoms with Gasteiger partial charge in [0.1, 0.15) is 0 Å².